The van der Waals surface area contributed by atoms with Crippen LogP contribution in [0.15, 0.2) is 34.8 Å². The Labute approximate surface area is 207 Å². The quantitative estimate of drug-likeness (QED) is 0.446. The van der Waals surface area contributed by atoms with Crippen LogP contribution in [0.25, 0.3) is 6.08 Å². The Hall–Kier alpha value is -2.09. The van der Waals surface area contributed by atoms with Gasteiger partial charge in [-0.15, -0.1) is 11.3 Å². The van der Waals surface area contributed by atoms with E-state index in [-0.39, 0.29) is 18.1 Å². The number of aliphatic hydroxyl groups is 2. The first-order valence-corrected chi connectivity index (χ1v) is 12.7. The van der Waals surface area contributed by atoms with Gasteiger partial charge in [0.05, 0.1) is 34.7 Å². The molecule has 0 amide bonds. The molecule has 1 aromatic heterocycles. The van der Waals surface area contributed by atoms with Gasteiger partial charge in [0.1, 0.15) is 11.9 Å². The molecule has 0 spiro atoms. The lowest BCUT2D eigenvalue weighted by molar-refractivity contribution is -0.154. The largest absolute Gasteiger partial charge is 0.457 e. The minimum Gasteiger partial charge on any atom is -0.457 e. The van der Waals surface area contributed by atoms with Crippen LogP contribution in [0.1, 0.15) is 71.5 Å². The number of esters is 1. The second kappa shape index (κ2) is 12.0. The fourth-order valence-electron chi connectivity index (χ4n) is 4.05. The predicted octanol–water partition coefficient (Wildman–Crippen LogP) is 5.04. The Balaban J connectivity index is 2.37. The van der Waals surface area contributed by atoms with E-state index in [0.717, 1.165) is 21.8 Å². The summed E-state index contributed by atoms with van der Waals surface area (Å²) in [6.45, 7) is 12.6. The fraction of sp³-hybridized carbons (Fsp3) is 0.593. The van der Waals surface area contributed by atoms with Gasteiger partial charge in [0.15, 0.2) is 0 Å². The number of Topliss-reactive ketones (excluding diaryl/α,β-unsaturated/α-hetero) is 1. The van der Waals surface area contributed by atoms with E-state index in [2.05, 4.69) is 4.98 Å². The highest BCUT2D eigenvalue weighted by molar-refractivity contribution is 7.09. The van der Waals surface area contributed by atoms with Crippen molar-refractivity contribution in [2.75, 3.05) is 0 Å². The number of rotatable bonds is 2. The molecular formula is C27H39NO5S. The molecule has 1 aliphatic rings. The first-order chi connectivity index (χ1) is 15.8. The van der Waals surface area contributed by atoms with Gasteiger partial charge in [0, 0.05) is 23.6 Å². The number of carbonyl (C=O) groups excluding carboxylic acids is 2. The van der Waals surface area contributed by atoms with Gasteiger partial charge in [-0.2, -0.15) is 0 Å². The smallest absolute Gasteiger partial charge is 0.309 e. The van der Waals surface area contributed by atoms with E-state index < -0.39 is 35.6 Å². The van der Waals surface area contributed by atoms with Crippen LogP contribution in [0, 0.1) is 24.2 Å². The maximum atomic E-state index is 13.1. The van der Waals surface area contributed by atoms with E-state index in [9.17, 15) is 19.8 Å². The third kappa shape index (κ3) is 7.45. The zero-order valence-corrected chi connectivity index (χ0v) is 22.2. The summed E-state index contributed by atoms with van der Waals surface area (Å²) in [4.78, 5) is 30.4. The Morgan fingerprint density at radius 2 is 1.91 bits per heavy atom. The van der Waals surface area contributed by atoms with Gasteiger partial charge in [0.25, 0.3) is 0 Å². The molecular weight excluding hydrogens is 450 g/mol. The van der Waals surface area contributed by atoms with E-state index >= 15 is 0 Å². The zero-order valence-electron chi connectivity index (χ0n) is 21.4. The van der Waals surface area contributed by atoms with Gasteiger partial charge in [-0.3, -0.25) is 9.59 Å². The zero-order chi connectivity index (χ0) is 25.6. The topological polar surface area (TPSA) is 96.7 Å². The molecule has 0 aliphatic carbocycles. The van der Waals surface area contributed by atoms with Gasteiger partial charge in [0.2, 0.25) is 0 Å². The molecule has 2 heterocycles. The maximum Gasteiger partial charge on any atom is 0.309 e. The summed E-state index contributed by atoms with van der Waals surface area (Å²) in [5, 5.41) is 24.4. The van der Waals surface area contributed by atoms with E-state index in [1.807, 2.05) is 57.4 Å². The van der Waals surface area contributed by atoms with E-state index in [4.69, 9.17) is 4.74 Å². The summed E-state index contributed by atoms with van der Waals surface area (Å²) in [7, 11) is 0. The number of aliphatic hydroxyl groups excluding tert-OH is 2. The van der Waals surface area contributed by atoms with Crippen LogP contribution in [0.2, 0.25) is 0 Å². The number of carbonyl (C=O) groups is 2. The number of aryl methyl sites for hydroxylation is 1. The van der Waals surface area contributed by atoms with Gasteiger partial charge in [-0.1, -0.05) is 51.5 Å². The van der Waals surface area contributed by atoms with Gasteiger partial charge in [-0.05, 0) is 38.8 Å². The molecule has 0 radical (unpaired) electrons. The molecule has 2 rings (SSSR count). The van der Waals surface area contributed by atoms with Crippen molar-refractivity contribution in [3.8, 4) is 0 Å². The van der Waals surface area contributed by atoms with E-state index in [1.54, 1.807) is 32.1 Å². The highest BCUT2D eigenvalue weighted by Crippen LogP contribution is 2.31. The number of allylic oxidation sites excluding steroid dienone is 2. The lowest BCUT2D eigenvalue weighted by Gasteiger charge is -2.34. The number of nitrogens with zero attached hydrogens (tertiary/aromatic N) is 1. The summed E-state index contributed by atoms with van der Waals surface area (Å²) in [6.07, 6.45) is 6.13. The van der Waals surface area contributed by atoms with Crippen molar-refractivity contribution < 1.29 is 24.5 Å². The maximum absolute atomic E-state index is 13.1. The summed E-state index contributed by atoms with van der Waals surface area (Å²) in [6, 6.07) is 0. The minimum absolute atomic E-state index is 0.225. The minimum atomic E-state index is -1.23. The molecule has 7 heteroatoms. The first-order valence-electron chi connectivity index (χ1n) is 11.9. The van der Waals surface area contributed by atoms with E-state index in [1.165, 1.54) is 0 Å². The molecule has 1 aliphatic heterocycles. The van der Waals surface area contributed by atoms with Crippen molar-refractivity contribution in [2.45, 2.75) is 86.0 Å². The third-order valence-electron chi connectivity index (χ3n) is 6.65. The van der Waals surface area contributed by atoms with Crippen LogP contribution < -0.4 is 0 Å². The second-order valence-corrected chi connectivity index (χ2v) is 11.1. The van der Waals surface area contributed by atoms with Crippen molar-refractivity contribution in [1.29, 1.82) is 0 Å². The van der Waals surface area contributed by atoms with Crippen molar-refractivity contribution in [1.82, 2.24) is 4.98 Å². The Bertz CT molecular complexity index is 958. The number of thiazole rings is 1. The summed E-state index contributed by atoms with van der Waals surface area (Å²) < 4.78 is 5.79. The lowest BCUT2D eigenvalue weighted by atomic mass is 9.73. The standard InChI is InChI=1S/C27H39NO5S/c1-16-9-8-10-17(2)25(31)19(4)26(32)27(6,7)23(29)14-24(30)33-22(12-11-16)18(3)13-21-15-34-20(5)28-21/h8,10-11,13,15,17,19,22-23,25,29,31H,9,12,14H2,1-7H3/b10-8+,16-11-,18-13+/t17?,19?,22-,23-,25?/m0/s1. The van der Waals surface area contributed by atoms with Crippen LogP contribution in [0.3, 0.4) is 0 Å². The number of ether oxygens (including phenoxy) is 1. The number of cyclic esters (lactones) is 1. The first kappa shape index (κ1) is 28.1. The molecule has 0 aromatic carbocycles. The normalized spacial score (nSPS) is 32.6. The average molecular weight is 490 g/mol. The Kier molecular flexibility index (Phi) is 9.97. The molecule has 0 bridgehead atoms. The van der Waals surface area contributed by atoms with Crippen LogP contribution in [0.4, 0.5) is 0 Å². The number of hydrogen-bond donors (Lipinski definition) is 2. The SMILES string of the molecule is C/C1=C/C[C@@H](/C(C)=C/c2csc(C)n2)OC(=O)C[C@H](O)C(C)(C)C(=O)C(C)C(O)C(C)/C=C/C1. The molecule has 0 saturated carbocycles. The highest BCUT2D eigenvalue weighted by atomic mass is 32.1. The highest BCUT2D eigenvalue weighted by Gasteiger charge is 2.42. The monoisotopic (exact) mass is 489 g/mol. The summed E-state index contributed by atoms with van der Waals surface area (Å²) in [5.74, 6) is -1.77. The second-order valence-electron chi connectivity index (χ2n) is 10.0. The van der Waals surface area contributed by atoms with Crippen LogP contribution >= 0.6 is 11.3 Å². The molecule has 1 aromatic rings. The number of ketones is 1. The lowest BCUT2D eigenvalue weighted by Crippen LogP contribution is -2.45. The van der Waals surface area contributed by atoms with Crippen molar-refractivity contribution in [3.05, 3.63) is 45.5 Å². The summed E-state index contributed by atoms with van der Waals surface area (Å²) >= 11 is 1.56. The molecule has 2 N–H and O–H groups in total. The van der Waals surface area contributed by atoms with Crippen LogP contribution in [-0.2, 0) is 14.3 Å². The van der Waals surface area contributed by atoms with Crippen molar-refractivity contribution in [2.24, 2.45) is 17.3 Å². The Morgan fingerprint density at radius 1 is 1.24 bits per heavy atom. The molecule has 3 unspecified atom stereocenters. The van der Waals surface area contributed by atoms with Crippen molar-refractivity contribution in [3.63, 3.8) is 0 Å². The summed E-state index contributed by atoms with van der Waals surface area (Å²) in [5.41, 5.74) is 1.57. The van der Waals surface area contributed by atoms with Crippen molar-refractivity contribution >= 4 is 29.2 Å². The molecule has 0 saturated heterocycles. The predicted molar refractivity (Wildman–Crippen MR) is 136 cm³/mol. The molecule has 34 heavy (non-hydrogen) atoms. The molecule has 188 valence electrons. The van der Waals surface area contributed by atoms with Crippen LogP contribution in [0.5, 0.6) is 0 Å². The Morgan fingerprint density at radius 3 is 2.53 bits per heavy atom. The number of aromatic nitrogens is 1. The van der Waals surface area contributed by atoms with E-state index in [0.29, 0.717) is 12.8 Å². The fourth-order valence-corrected chi connectivity index (χ4v) is 4.62. The molecule has 0 fully saturated rings. The third-order valence-corrected chi connectivity index (χ3v) is 7.44. The van der Waals surface area contributed by atoms with Crippen LogP contribution in [-0.4, -0.2) is 45.3 Å². The van der Waals surface area contributed by atoms with Gasteiger partial charge in [-0.25, -0.2) is 4.98 Å². The van der Waals surface area contributed by atoms with Gasteiger partial charge >= 0.3 is 5.97 Å². The number of hydrogen-bond acceptors (Lipinski definition) is 7. The van der Waals surface area contributed by atoms with Gasteiger partial charge < -0.3 is 14.9 Å². The molecule has 5 atom stereocenters. The average Bonchev–Trinajstić information content (AvgIpc) is 3.18. The molecule has 6 nitrogen and oxygen atoms in total.